The summed E-state index contributed by atoms with van der Waals surface area (Å²) in [5.41, 5.74) is 0.291. The monoisotopic (exact) mass is 544 g/mol. The summed E-state index contributed by atoms with van der Waals surface area (Å²) in [6, 6.07) is 14.1. The molecule has 1 aromatic heterocycles. The molecule has 1 amide bonds. The molecular weight excluding hydrogens is 520 g/mol. The van der Waals surface area contributed by atoms with Crippen LogP contribution in [0.3, 0.4) is 0 Å². The molecular formula is C24H24N4O7S2. The number of aromatic nitrogens is 2. The Kier molecular flexibility index (Phi) is 9.42. The maximum atomic E-state index is 12.5. The van der Waals surface area contributed by atoms with Crippen LogP contribution >= 0.6 is 11.5 Å². The van der Waals surface area contributed by atoms with Crippen molar-refractivity contribution in [1.29, 1.82) is 5.26 Å². The summed E-state index contributed by atoms with van der Waals surface area (Å²) < 4.78 is 49.2. The smallest absolute Gasteiger partial charge is 0.268 e. The third kappa shape index (κ3) is 7.66. The number of anilines is 1. The van der Waals surface area contributed by atoms with Crippen molar-refractivity contribution in [1.82, 2.24) is 9.36 Å². The fourth-order valence-corrected chi connectivity index (χ4v) is 4.37. The van der Waals surface area contributed by atoms with Crippen molar-refractivity contribution in [3.63, 3.8) is 0 Å². The molecule has 1 N–H and O–H groups in total. The van der Waals surface area contributed by atoms with Gasteiger partial charge in [-0.25, -0.2) is 8.42 Å². The molecule has 0 saturated carbocycles. The zero-order chi connectivity index (χ0) is 26.8. The molecule has 11 nitrogen and oxygen atoms in total. The molecule has 2 aromatic carbocycles. The van der Waals surface area contributed by atoms with Gasteiger partial charge in [0.1, 0.15) is 24.9 Å². The molecule has 3 rings (SSSR count). The molecule has 0 atom stereocenters. The van der Waals surface area contributed by atoms with Gasteiger partial charge in [-0.05, 0) is 42.8 Å². The van der Waals surface area contributed by atoms with Crippen LogP contribution in [0.5, 0.6) is 23.0 Å². The number of rotatable bonds is 12. The number of amides is 1. The van der Waals surface area contributed by atoms with E-state index in [0.29, 0.717) is 46.7 Å². The molecule has 0 bridgehead atoms. The number of carbonyl (C=O) groups is 1. The van der Waals surface area contributed by atoms with E-state index >= 15 is 0 Å². The highest BCUT2D eigenvalue weighted by molar-refractivity contribution is 7.90. The average molecular weight is 545 g/mol. The molecule has 0 aliphatic rings. The van der Waals surface area contributed by atoms with E-state index in [4.69, 9.17) is 18.9 Å². The number of hydrogen-bond acceptors (Lipinski definition) is 11. The van der Waals surface area contributed by atoms with Crippen LogP contribution in [0.2, 0.25) is 0 Å². The van der Waals surface area contributed by atoms with Gasteiger partial charge in [0.25, 0.3) is 11.1 Å². The summed E-state index contributed by atoms with van der Waals surface area (Å²) in [5, 5.41) is 11.4. The lowest BCUT2D eigenvalue weighted by Gasteiger charge is -2.14. The van der Waals surface area contributed by atoms with E-state index in [9.17, 15) is 18.5 Å². The minimum Gasteiger partial charge on any atom is -0.493 e. The van der Waals surface area contributed by atoms with E-state index in [1.165, 1.54) is 6.08 Å². The summed E-state index contributed by atoms with van der Waals surface area (Å²) in [7, 11) is -2.05. The van der Waals surface area contributed by atoms with Crippen molar-refractivity contribution in [2.75, 3.05) is 38.5 Å². The zero-order valence-corrected chi connectivity index (χ0v) is 21.9. The highest BCUT2D eigenvalue weighted by atomic mass is 32.2. The number of methoxy groups -OCH3 is 1. The standard InChI is InChI=1S/C24H24N4O7S2/c1-4-33-21-14-16(9-10-20(21)35-12-11-34-19-8-6-5-7-18(19)32-2)13-17(15-25)22(29)26-23-27-24(28-36-23)37(3,30)31/h5-10,13-14H,4,11-12H2,1-3H3,(H,26,27,28,29)/b17-13-. The van der Waals surface area contributed by atoms with Gasteiger partial charge in [0.15, 0.2) is 23.0 Å². The Balaban J connectivity index is 1.68. The van der Waals surface area contributed by atoms with Crippen molar-refractivity contribution in [2.24, 2.45) is 0 Å². The van der Waals surface area contributed by atoms with Crippen LogP contribution in [0.1, 0.15) is 12.5 Å². The van der Waals surface area contributed by atoms with Gasteiger partial charge in [0.2, 0.25) is 15.0 Å². The van der Waals surface area contributed by atoms with E-state index < -0.39 is 20.9 Å². The van der Waals surface area contributed by atoms with Crippen molar-refractivity contribution in [2.45, 2.75) is 12.1 Å². The molecule has 0 unspecified atom stereocenters. The normalized spacial score (nSPS) is 11.4. The largest absolute Gasteiger partial charge is 0.493 e. The topological polar surface area (TPSA) is 150 Å². The lowest BCUT2D eigenvalue weighted by Crippen LogP contribution is -2.13. The van der Waals surface area contributed by atoms with Gasteiger partial charge in [-0.2, -0.15) is 14.6 Å². The third-order valence-electron chi connectivity index (χ3n) is 4.57. The molecule has 1 heterocycles. The van der Waals surface area contributed by atoms with Gasteiger partial charge < -0.3 is 18.9 Å². The van der Waals surface area contributed by atoms with Gasteiger partial charge in [-0.15, -0.1) is 0 Å². The number of nitriles is 1. The third-order valence-corrected chi connectivity index (χ3v) is 6.16. The molecule has 0 saturated heterocycles. The lowest BCUT2D eigenvalue weighted by molar-refractivity contribution is -0.112. The van der Waals surface area contributed by atoms with Crippen LogP contribution in [0.25, 0.3) is 6.08 Å². The van der Waals surface area contributed by atoms with Crippen LogP contribution in [-0.4, -0.2) is 56.9 Å². The fraction of sp³-hybridized carbons (Fsp3) is 0.250. The Labute approximate surface area is 218 Å². The Bertz CT molecular complexity index is 1430. The van der Waals surface area contributed by atoms with Gasteiger partial charge in [0.05, 0.1) is 13.7 Å². The van der Waals surface area contributed by atoms with Crippen LogP contribution in [0.15, 0.2) is 53.2 Å². The highest BCUT2D eigenvalue weighted by Crippen LogP contribution is 2.30. The molecule has 13 heteroatoms. The summed E-state index contributed by atoms with van der Waals surface area (Å²) in [4.78, 5) is 16.3. The first-order valence-electron chi connectivity index (χ1n) is 10.9. The molecule has 0 spiro atoms. The first-order valence-corrected chi connectivity index (χ1v) is 13.5. The van der Waals surface area contributed by atoms with Gasteiger partial charge in [-0.1, -0.05) is 18.2 Å². The van der Waals surface area contributed by atoms with E-state index in [1.54, 1.807) is 37.4 Å². The predicted octanol–water partition coefficient (Wildman–Crippen LogP) is 3.35. The number of sulfone groups is 1. The number of carbonyl (C=O) groups excluding carboxylic acids is 1. The number of para-hydroxylation sites is 2. The molecule has 0 aliphatic heterocycles. The first-order chi connectivity index (χ1) is 17.7. The molecule has 0 radical (unpaired) electrons. The minimum atomic E-state index is -3.61. The van der Waals surface area contributed by atoms with Crippen molar-refractivity contribution < 1.29 is 32.2 Å². The maximum absolute atomic E-state index is 12.5. The summed E-state index contributed by atoms with van der Waals surface area (Å²) >= 11 is 0.697. The summed E-state index contributed by atoms with van der Waals surface area (Å²) in [5.74, 6) is 1.35. The Hall–Kier alpha value is -4.15. The molecule has 3 aromatic rings. The maximum Gasteiger partial charge on any atom is 0.268 e. The Morgan fingerprint density at radius 1 is 1.08 bits per heavy atom. The van der Waals surface area contributed by atoms with Gasteiger partial charge in [-0.3, -0.25) is 10.1 Å². The highest BCUT2D eigenvalue weighted by Gasteiger charge is 2.18. The van der Waals surface area contributed by atoms with Gasteiger partial charge in [0, 0.05) is 17.8 Å². The second kappa shape index (κ2) is 12.7. The molecule has 0 fully saturated rings. The minimum absolute atomic E-state index is 0.0410. The number of ether oxygens (including phenoxy) is 4. The summed E-state index contributed by atoms with van der Waals surface area (Å²) in [6.45, 7) is 2.68. The fourth-order valence-electron chi connectivity index (χ4n) is 2.93. The van der Waals surface area contributed by atoms with E-state index in [-0.39, 0.29) is 23.9 Å². The van der Waals surface area contributed by atoms with Gasteiger partial charge >= 0.3 is 0 Å². The quantitative estimate of drug-likeness (QED) is 0.204. The molecule has 37 heavy (non-hydrogen) atoms. The van der Waals surface area contributed by atoms with Crippen molar-refractivity contribution in [3.05, 3.63) is 53.6 Å². The van der Waals surface area contributed by atoms with E-state index in [0.717, 1.165) is 6.26 Å². The second-order valence-corrected chi connectivity index (χ2v) is 9.93. The van der Waals surface area contributed by atoms with E-state index in [2.05, 4.69) is 14.7 Å². The SMILES string of the molecule is CCOc1cc(/C=C(/C#N)C(=O)Nc2nc(S(C)(=O)=O)ns2)ccc1OCCOc1ccccc1OC. The first kappa shape index (κ1) is 27.4. The van der Waals surface area contributed by atoms with Crippen LogP contribution in [-0.2, 0) is 14.6 Å². The summed E-state index contributed by atoms with van der Waals surface area (Å²) in [6.07, 6.45) is 2.32. The lowest BCUT2D eigenvalue weighted by atomic mass is 10.1. The number of benzene rings is 2. The Morgan fingerprint density at radius 2 is 1.76 bits per heavy atom. The predicted molar refractivity (Wildman–Crippen MR) is 137 cm³/mol. The average Bonchev–Trinajstić information content (AvgIpc) is 3.35. The molecule has 194 valence electrons. The second-order valence-electron chi connectivity index (χ2n) is 7.27. The van der Waals surface area contributed by atoms with Crippen LogP contribution in [0, 0.1) is 11.3 Å². The molecule has 0 aliphatic carbocycles. The van der Waals surface area contributed by atoms with Crippen LogP contribution < -0.4 is 24.3 Å². The zero-order valence-electron chi connectivity index (χ0n) is 20.3. The number of hydrogen-bond donors (Lipinski definition) is 1. The number of nitrogens with one attached hydrogen (secondary N) is 1. The van der Waals surface area contributed by atoms with E-state index in [1.807, 2.05) is 25.1 Å². The Morgan fingerprint density at radius 3 is 2.35 bits per heavy atom. The van der Waals surface area contributed by atoms with Crippen molar-refractivity contribution >= 4 is 38.5 Å². The number of nitrogens with zero attached hydrogens (tertiary/aromatic N) is 3. The van der Waals surface area contributed by atoms with Crippen molar-refractivity contribution in [3.8, 4) is 29.1 Å². The van der Waals surface area contributed by atoms with Crippen LogP contribution in [0.4, 0.5) is 5.13 Å².